The Morgan fingerprint density at radius 1 is 1.83 bits per heavy atom. The molecule has 0 spiro atoms. The maximum absolute atomic E-state index is 4.18. The fourth-order valence-corrected chi connectivity index (χ4v) is 0. The van der Waals surface area contributed by atoms with Crippen LogP contribution in [-0.4, -0.2) is 7.11 Å². The monoisotopic (exact) mass is 200 g/mol. The quantitative estimate of drug-likeness (QED) is 0.355. The first kappa shape index (κ1) is 9.81. The molecule has 1 nitrogen and oxygen atoms in total. The first-order valence-electron chi connectivity index (χ1n) is 1.23. The molecule has 0 atom stereocenters. The third-order valence-electron chi connectivity index (χ3n) is 0.144. The number of hydrogen-bond acceptors (Lipinski definition) is 1. The third kappa shape index (κ3) is 22.8. The molecule has 32 valence electrons. The van der Waals surface area contributed by atoms with E-state index in [1.165, 1.54) is 23.5 Å². The summed E-state index contributed by atoms with van der Waals surface area (Å²) in [4.78, 5) is 0. The fourth-order valence-electron chi connectivity index (χ4n) is 0. The van der Waals surface area contributed by atoms with Gasteiger partial charge in [0.2, 0.25) is 0 Å². The third-order valence-corrected chi connectivity index (χ3v) is 0.144. The molecule has 0 aliphatic carbocycles. The molecule has 0 fully saturated rings. The summed E-state index contributed by atoms with van der Waals surface area (Å²) in [6.45, 7) is 3.13. The van der Waals surface area contributed by atoms with Gasteiger partial charge in [0.15, 0.2) is 0 Å². The minimum absolute atomic E-state index is 1.19. The minimum atomic E-state index is 1.19. The van der Waals surface area contributed by atoms with Crippen molar-refractivity contribution < 1.29 is 21.1 Å². The van der Waals surface area contributed by atoms with E-state index in [1.54, 1.807) is 0 Å². The van der Waals surface area contributed by atoms with Crippen molar-refractivity contribution in [2.45, 2.75) is 0 Å². The molecule has 0 saturated carbocycles. The van der Waals surface area contributed by atoms with E-state index in [9.17, 15) is 0 Å². The Bertz CT molecular complexity index is 24.8. The van der Waals surface area contributed by atoms with Crippen LogP contribution in [0.2, 0.25) is 0 Å². The first-order valence-corrected chi connectivity index (χ1v) is 8.18. The molecule has 0 rings (SSSR count). The van der Waals surface area contributed by atoms with Crippen LogP contribution < -0.4 is 0 Å². The summed E-state index contributed by atoms with van der Waals surface area (Å²) in [6, 6.07) is 0. The van der Waals surface area contributed by atoms with Crippen LogP contribution in [0.25, 0.3) is 0 Å². The van der Waals surface area contributed by atoms with E-state index in [0.29, 0.717) is 0 Å². The van der Waals surface area contributed by atoms with Crippen molar-refractivity contribution in [1.29, 1.82) is 0 Å². The number of halogens is 1. The molecule has 6 heavy (non-hydrogen) atoms. The summed E-state index contributed by atoms with van der Waals surface area (Å²) < 4.78 is 4.18. The second-order valence-corrected chi connectivity index (χ2v) is 0.348. The Hall–Kier alpha value is 0.643. The molecule has 3 heteroatoms. The molecule has 0 heterocycles. The fraction of sp³-hybridized carbons (Fsp3) is 0.333. The van der Waals surface area contributed by atoms with E-state index in [-0.39, 0.29) is 0 Å². The second kappa shape index (κ2) is 17.4. The zero-order chi connectivity index (χ0) is 5.41. The molecule has 0 aliphatic heterocycles. The van der Waals surface area contributed by atoms with Gasteiger partial charge in [-0.25, -0.2) is 6.58 Å². The predicted molar refractivity (Wildman–Crippen MR) is 24.8 cm³/mol. The second-order valence-electron chi connectivity index (χ2n) is 0.348. The van der Waals surface area contributed by atoms with Crippen LogP contribution in [0.5, 0.6) is 0 Å². The molecule has 0 amide bonds. The maximum atomic E-state index is 4.18. The van der Waals surface area contributed by atoms with Crippen LogP contribution >= 0.6 is 13.6 Å². The van der Waals surface area contributed by atoms with Crippen molar-refractivity contribution in [2.24, 2.45) is 0 Å². The summed E-state index contributed by atoms with van der Waals surface area (Å²) in [5.74, 6) is 0. The number of rotatable bonds is 1. The Morgan fingerprint density at radius 2 is 2.00 bits per heavy atom. The summed E-state index contributed by atoms with van der Waals surface area (Å²) >= 11 is 4.25. The SMILES string of the molecule is C=[C-]OC.[Zn+][Br]. The number of hydrogen-bond donors (Lipinski definition) is 0. The number of methoxy groups -OCH3 is 1. The van der Waals surface area contributed by atoms with Crippen LogP contribution in [0.1, 0.15) is 0 Å². The summed E-state index contributed by atoms with van der Waals surface area (Å²) in [6.07, 6.45) is 2.18. The van der Waals surface area contributed by atoms with Crippen molar-refractivity contribution in [2.75, 3.05) is 7.11 Å². The van der Waals surface area contributed by atoms with Crippen molar-refractivity contribution >= 4 is 13.6 Å². The first-order chi connectivity index (χ1) is 2.91. The molecule has 0 aliphatic rings. The van der Waals surface area contributed by atoms with Crippen molar-refractivity contribution in [3.05, 3.63) is 12.8 Å². The van der Waals surface area contributed by atoms with Crippen molar-refractivity contribution in [3.63, 3.8) is 0 Å². The van der Waals surface area contributed by atoms with Gasteiger partial charge in [-0.15, -0.1) is 0 Å². The normalized spacial score (nSPS) is 4.67. The van der Waals surface area contributed by atoms with Gasteiger partial charge in [0.1, 0.15) is 0 Å². The molecular weight excluding hydrogens is 197 g/mol. The van der Waals surface area contributed by atoms with Gasteiger partial charge in [0.25, 0.3) is 0 Å². The predicted octanol–water partition coefficient (Wildman–Crippen LogP) is 1.42. The molecule has 0 bridgehead atoms. The Morgan fingerprint density at radius 3 is 2.00 bits per heavy atom. The van der Waals surface area contributed by atoms with Gasteiger partial charge in [-0.3, -0.25) is 0 Å². The summed E-state index contributed by atoms with van der Waals surface area (Å²) in [7, 11) is 1.51. The molecule has 0 saturated heterocycles. The molecule has 0 N–H and O–H groups in total. The Kier molecular flexibility index (Phi) is 28.5. The molecule has 0 unspecified atom stereocenters. The molecule has 0 aromatic carbocycles. The van der Waals surface area contributed by atoms with Gasteiger partial charge in [-0.1, -0.05) is 0 Å². The van der Waals surface area contributed by atoms with Gasteiger partial charge in [0, 0.05) is 7.11 Å². The van der Waals surface area contributed by atoms with Gasteiger partial charge in [0.05, 0.1) is 0 Å². The van der Waals surface area contributed by atoms with E-state index in [0.717, 1.165) is 0 Å². The molecule has 0 aromatic heterocycles. The van der Waals surface area contributed by atoms with Gasteiger partial charge < -0.3 is 11.0 Å². The van der Waals surface area contributed by atoms with Crippen LogP contribution in [0.15, 0.2) is 6.58 Å². The van der Waals surface area contributed by atoms with Crippen molar-refractivity contribution in [1.82, 2.24) is 0 Å². The van der Waals surface area contributed by atoms with Crippen molar-refractivity contribution in [3.8, 4) is 0 Å². The molecule has 0 radical (unpaired) electrons. The summed E-state index contributed by atoms with van der Waals surface area (Å²) in [5, 5.41) is 0. The van der Waals surface area contributed by atoms with E-state index < -0.39 is 0 Å². The van der Waals surface area contributed by atoms with Gasteiger partial charge in [-0.2, -0.15) is 0 Å². The van der Waals surface area contributed by atoms with E-state index >= 15 is 0 Å². The standard InChI is InChI=1S/C3H5O.BrH.Zn/c1-3-4-2;;/h1H2,2H3;1H;/q-1;;+2/p-1. The van der Waals surface area contributed by atoms with Gasteiger partial charge in [-0.05, 0) is 0 Å². The zero-order valence-corrected chi connectivity index (χ0v) is 8.25. The molecular formula is C3H5BrOZn. The Labute approximate surface area is 54.8 Å². The Balaban J connectivity index is 0. The van der Waals surface area contributed by atoms with E-state index in [1.807, 2.05) is 0 Å². The summed E-state index contributed by atoms with van der Waals surface area (Å²) in [5.41, 5.74) is 0. The zero-order valence-electron chi connectivity index (χ0n) is 3.70. The van der Waals surface area contributed by atoms with Gasteiger partial charge >= 0.3 is 30.0 Å². The average Bonchev–Trinajstić information content (AvgIpc) is 1.72. The van der Waals surface area contributed by atoms with Crippen LogP contribution in [0.3, 0.4) is 0 Å². The topological polar surface area (TPSA) is 9.23 Å². The van der Waals surface area contributed by atoms with Crippen LogP contribution in [-0.2, 0) is 21.1 Å². The van der Waals surface area contributed by atoms with Crippen LogP contribution in [0, 0.1) is 6.26 Å². The number of ether oxygens (including phenoxy) is 1. The average molecular weight is 202 g/mol. The van der Waals surface area contributed by atoms with E-state index in [4.69, 9.17) is 0 Å². The van der Waals surface area contributed by atoms with E-state index in [2.05, 4.69) is 31.2 Å². The van der Waals surface area contributed by atoms with Crippen LogP contribution in [0.4, 0.5) is 0 Å². The molecule has 0 aromatic rings.